The quantitative estimate of drug-likeness (QED) is 0.445. The van der Waals surface area contributed by atoms with Crippen LogP contribution in [0.4, 0.5) is 10.5 Å². The van der Waals surface area contributed by atoms with Crippen LogP contribution in [0, 0.1) is 0 Å². The number of carbonyl (C=O) groups excluding carboxylic acids is 2. The molecule has 0 saturated carbocycles. The van der Waals surface area contributed by atoms with Crippen LogP contribution in [0.25, 0.3) is 0 Å². The Bertz CT molecular complexity index is 1130. The fourth-order valence-corrected chi connectivity index (χ4v) is 4.38. The predicted octanol–water partition coefficient (Wildman–Crippen LogP) is 5.84. The van der Waals surface area contributed by atoms with Crippen molar-refractivity contribution in [3.05, 3.63) is 99.5 Å². The standard InChI is InChI=1S/C26H25Cl2N3O2/c1-17(18-5-9-21(27)10-6-18)24(19-7-11-22(28)12-8-19)16-30-25(32)20-3-2-4-23(15-20)31-14-13-29-26(31)33/h2-12,15,17,24H,13-14,16H2,1H3,(H,29,33)(H,30,32). The van der Waals surface area contributed by atoms with Crippen LogP contribution in [-0.4, -0.2) is 31.6 Å². The molecule has 1 aliphatic rings. The van der Waals surface area contributed by atoms with Gasteiger partial charge in [-0.1, -0.05) is 60.5 Å². The summed E-state index contributed by atoms with van der Waals surface area (Å²) in [5, 5.41) is 7.22. The monoisotopic (exact) mass is 481 g/mol. The molecule has 7 heteroatoms. The maximum Gasteiger partial charge on any atom is 0.321 e. The highest BCUT2D eigenvalue weighted by atomic mass is 35.5. The van der Waals surface area contributed by atoms with Crippen molar-refractivity contribution in [3.8, 4) is 0 Å². The Morgan fingerprint density at radius 1 is 1.00 bits per heavy atom. The molecule has 0 aromatic heterocycles. The molecule has 33 heavy (non-hydrogen) atoms. The minimum absolute atomic E-state index is 0.0277. The molecular formula is C26H25Cl2N3O2. The number of nitrogens with one attached hydrogen (secondary N) is 2. The highest BCUT2D eigenvalue weighted by Crippen LogP contribution is 2.33. The molecule has 3 aromatic carbocycles. The molecule has 1 fully saturated rings. The summed E-state index contributed by atoms with van der Waals surface area (Å²) in [6, 6.07) is 22.5. The van der Waals surface area contributed by atoms with Crippen molar-refractivity contribution in [2.75, 3.05) is 24.5 Å². The van der Waals surface area contributed by atoms with E-state index in [2.05, 4.69) is 17.6 Å². The Morgan fingerprint density at radius 3 is 2.24 bits per heavy atom. The van der Waals surface area contributed by atoms with E-state index in [4.69, 9.17) is 23.2 Å². The number of carbonyl (C=O) groups is 2. The van der Waals surface area contributed by atoms with Gasteiger partial charge in [0.2, 0.25) is 0 Å². The molecule has 170 valence electrons. The molecule has 0 radical (unpaired) electrons. The third-order valence-corrected chi connectivity index (χ3v) is 6.56. The SMILES string of the molecule is CC(c1ccc(Cl)cc1)C(CNC(=O)c1cccc(N2CCNC2=O)c1)c1ccc(Cl)cc1. The number of hydrogen-bond acceptors (Lipinski definition) is 2. The molecule has 2 atom stereocenters. The van der Waals surface area contributed by atoms with Crippen LogP contribution >= 0.6 is 23.2 Å². The van der Waals surface area contributed by atoms with Gasteiger partial charge in [-0.05, 0) is 59.5 Å². The van der Waals surface area contributed by atoms with Gasteiger partial charge < -0.3 is 10.6 Å². The van der Waals surface area contributed by atoms with E-state index in [0.29, 0.717) is 40.9 Å². The summed E-state index contributed by atoms with van der Waals surface area (Å²) in [6.07, 6.45) is 0. The second-order valence-electron chi connectivity index (χ2n) is 8.14. The zero-order valence-corrected chi connectivity index (χ0v) is 19.7. The summed E-state index contributed by atoms with van der Waals surface area (Å²) in [4.78, 5) is 26.6. The van der Waals surface area contributed by atoms with Crippen molar-refractivity contribution >= 4 is 40.8 Å². The summed E-state index contributed by atoms with van der Waals surface area (Å²) in [6.45, 7) is 3.77. The molecule has 0 spiro atoms. The molecule has 1 aliphatic heterocycles. The summed E-state index contributed by atoms with van der Waals surface area (Å²) in [5.41, 5.74) is 3.45. The van der Waals surface area contributed by atoms with Crippen LogP contribution in [0.5, 0.6) is 0 Å². The van der Waals surface area contributed by atoms with E-state index in [9.17, 15) is 9.59 Å². The lowest BCUT2D eigenvalue weighted by Gasteiger charge is -2.26. The molecule has 0 bridgehead atoms. The van der Waals surface area contributed by atoms with Gasteiger partial charge in [0.1, 0.15) is 0 Å². The third-order valence-electron chi connectivity index (χ3n) is 6.06. The van der Waals surface area contributed by atoms with Crippen molar-refractivity contribution in [3.63, 3.8) is 0 Å². The van der Waals surface area contributed by atoms with Gasteiger partial charge >= 0.3 is 6.03 Å². The van der Waals surface area contributed by atoms with Gasteiger partial charge in [0.15, 0.2) is 0 Å². The molecule has 3 aromatic rings. The average molecular weight is 482 g/mol. The topological polar surface area (TPSA) is 61.4 Å². The number of hydrogen-bond donors (Lipinski definition) is 2. The third kappa shape index (κ3) is 5.49. The number of urea groups is 1. The number of amides is 3. The van der Waals surface area contributed by atoms with Crippen molar-refractivity contribution in [1.29, 1.82) is 0 Å². The molecule has 2 N–H and O–H groups in total. The van der Waals surface area contributed by atoms with Crippen LogP contribution < -0.4 is 15.5 Å². The van der Waals surface area contributed by atoms with E-state index >= 15 is 0 Å². The Hall–Kier alpha value is -3.02. The molecule has 1 heterocycles. The fourth-order valence-electron chi connectivity index (χ4n) is 4.13. The number of halogens is 2. The van der Waals surface area contributed by atoms with Crippen LogP contribution in [0.3, 0.4) is 0 Å². The van der Waals surface area contributed by atoms with E-state index in [1.165, 1.54) is 0 Å². The van der Waals surface area contributed by atoms with Crippen molar-refractivity contribution < 1.29 is 9.59 Å². The maximum atomic E-state index is 13.0. The average Bonchev–Trinajstić information content (AvgIpc) is 3.26. The van der Waals surface area contributed by atoms with Crippen LogP contribution in [0.2, 0.25) is 10.0 Å². The number of benzene rings is 3. The van der Waals surface area contributed by atoms with E-state index in [1.54, 1.807) is 23.1 Å². The first-order valence-electron chi connectivity index (χ1n) is 10.9. The Kier molecular flexibility index (Phi) is 7.21. The lowest BCUT2D eigenvalue weighted by atomic mass is 9.82. The summed E-state index contributed by atoms with van der Waals surface area (Å²) in [5.74, 6) is -0.0259. The van der Waals surface area contributed by atoms with Gasteiger partial charge in [-0.15, -0.1) is 0 Å². The minimum atomic E-state index is -0.182. The minimum Gasteiger partial charge on any atom is -0.351 e. The van der Waals surface area contributed by atoms with Gasteiger partial charge in [0.05, 0.1) is 0 Å². The lowest BCUT2D eigenvalue weighted by molar-refractivity contribution is 0.0950. The van der Waals surface area contributed by atoms with Crippen molar-refractivity contribution in [2.24, 2.45) is 0 Å². The summed E-state index contributed by atoms with van der Waals surface area (Å²) >= 11 is 12.2. The van der Waals surface area contributed by atoms with Crippen LogP contribution in [-0.2, 0) is 0 Å². The molecular weight excluding hydrogens is 457 g/mol. The smallest absolute Gasteiger partial charge is 0.321 e. The van der Waals surface area contributed by atoms with Crippen LogP contribution in [0.15, 0.2) is 72.8 Å². The molecule has 2 unspecified atom stereocenters. The maximum absolute atomic E-state index is 13.0. The van der Waals surface area contributed by atoms with Gasteiger partial charge in [-0.3, -0.25) is 9.69 Å². The van der Waals surface area contributed by atoms with Gasteiger partial charge in [0.25, 0.3) is 5.91 Å². The second-order valence-corrected chi connectivity index (χ2v) is 9.02. The predicted molar refractivity (Wildman–Crippen MR) is 134 cm³/mol. The Labute approximate surface area is 203 Å². The summed E-state index contributed by atoms with van der Waals surface area (Å²) < 4.78 is 0. The van der Waals surface area contributed by atoms with Crippen LogP contribution in [0.1, 0.15) is 40.2 Å². The fraction of sp³-hybridized carbons (Fsp3) is 0.231. The number of rotatable bonds is 7. The van der Waals surface area contributed by atoms with Crippen molar-refractivity contribution in [1.82, 2.24) is 10.6 Å². The van der Waals surface area contributed by atoms with E-state index in [1.807, 2.05) is 54.6 Å². The zero-order valence-electron chi connectivity index (χ0n) is 18.2. The summed E-state index contributed by atoms with van der Waals surface area (Å²) in [7, 11) is 0. The van der Waals surface area contributed by atoms with Gasteiger partial charge in [-0.2, -0.15) is 0 Å². The van der Waals surface area contributed by atoms with Gasteiger partial charge in [-0.25, -0.2) is 4.79 Å². The normalized spacial score (nSPS) is 15.1. The number of anilines is 1. The highest BCUT2D eigenvalue weighted by molar-refractivity contribution is 6.30. The first-order valence-corrected chi connectivity index (χ1v) is 11.6. The first-order chi connectivity index (χ1) is 15.9. The highest BCUT2D eigenvalue weighted by Gasteiger charge is 2.24. The molecule has 5 nitrogen and oxygen atoms in total. The molecule has 3 amide bonds. The second kappa shape index (κ2) is 10.3. The largest absolute Gasteiger partial charge is 0.351 e. The van der Waals surface area contributed by atoms with E-state index < -0.39 is 0 Å². The first kappa shape index (κ1) is 23.1. The Balaban J connectivity index is 1.53. The lowest BCUT2D eigenvalue weighted by Crippen LogP contribution is -2.31. The van der Waals surface area contributed by atoms with E-state index in [-0.39, 0.29) is 23.8 Å². The van der Waals surface area contributed by atoms with Crippen molar-refractivity contribution in [2.45, 2.75) is 18.8 Å². The zero-order chi connectivity index (χ0) is 23.4. The molecule has 0 aliphatic carbocycles. The number of nitrogens with zero attached hydrogens (tertiary/aromatic N) is 1. The Morgan fingerprint density at radius 2 is 1.64 bits per heavy atom. The van der Waals surface area contributed by atoms with Gasteiger partial charge in [0, 0.05) is 46.8 Å². The van der Waals surface area contributed by atoms with E-state index in [0.717, 1.165) is 11.1 Å². The molecule has 4 rings (SSSR count). The molecule has 1 saturated heterocycles.